The molecule has 8 heteroatoms. The standard InChI is InChI=1S/C17H31N5O2.HI/c1-21(2)16(23)14-19-17(20-15-6-3-4-7-15)18-8-5-9-22-10-12-24-13-11-22;/h3-4,15H,5-14H2,1-2H3,(H2,18,19,20);1H. The Balaban J connectivity index is 0.00000312. The van der Waals surface area contributed by atoms with Crippen LogP contribution >= 0.6 is 24.0 Å². The average molecular weight is 465 g/mol. The number of carbonyl (C=O) groups excluding carboxylic acids is 1. The Bertz CT molecular complexity index is 442. The van der Waals surface area contributed by atoms with E-state index in [1.807, 2.05) is 0 Å². The maximum atomic E-state index is 11.8. The Hall–Kier alpha value is -0.870. The summed E-state index contributed by atoms with van der Waals surface area (Å²) in [5, 5.41) is 6.78. The van der Waals surface area contributed by atoms with Crippen molar-refractivity contribution in [2.24, 2.45) is 4.99 Å². The summed E-state index contributed by atoms with van der Waals surface area (Å²) >= 11 is 0. The summed E-state index contributed by atoms with van der Waals surface area (Å²) in [7, 11) is 3.50. The van der Waals surface area contributed by atoms with Crippen molar-refractivity contribution in [3.8, 4) is 0 Å². The largest absolute Gasteiger partial charge is 0.379 e. The Morgan fingerprint density at radius 1 is 1.28 bits per heavy atom. The Labute approximate surface area is 168 Å². The van der Waals surface area contributed by atoms with Crippen LogP contribution in [0, 0.1) is 0 Å². The van der Waals surface area contributed by atoms with Crippen molar-refractivity contribution in [3.05, 3.63) is 12.2 Å². The van der Waals surface area contributed by atoms with E-state index in [2.05, 4.69) is 32.7 Å². The molecule has 2 aliphatic rings. The molecule has 0 radical (unpaired) electrons. The van der Waals surface area contributed by atoms with Gasteiger partial charge in [-0.05, 0) is 25.8 Å². The summed E-state index contributed by atoms with van der Waals surface area (Å²) in [6.07, 6.45) is 7.43. The lowest BCUT2D eigenvalue weighted by Crippen LogP contribution is -2.44. The highest BCUT2D eigenvalue weighted by molar-refractivity contribution is 14.0. The van der Waals surface area contributed by atoms with Gasteiger partial charge in [0, 0.05) is 39.8 Å². The molecule has 0 aromatic heterocycles. The van der Waals surface area contributed by atoms with Crippen molar-refractivity contribution < 1.29 is 9.53 Å². The minimum Gasteiger partial charge on any atom is -0.379 e. The van der Waals surface area contributed by atoms with E-state index in [1.165, 1.54) is 0 Å². The fourth-order valence-electron chi connectivity index (χ4n) is 2.70. The molecule has 0 spiro atoms. The molecule has 2 N–H and O–H groups in total. The Morgan fingerprint density at radius 2 is 1.96 bits per heavy atom. The predicted octanol–water partition coefficient (Wildman–Crippen LogP) is 0.669. The molecule has 0 unspecified atom stereocenters. The molecule has 0 aromatic rings. The maximum absolute atomic E-state index is 11.8. The number of nitrogens with zero attached hydrogens (tertiary/aromatic N) is 3. The molecule has 0 saturated carbocycles. The van der Waals surface area contributed by atoms with Crippen molar-refractivity contribution in [3.63, 3.8) is 0 Å². The number of guanidine groups is 1. The van der Waals surface area contributed by atoms with Crippen molar-refractivity contribution in [2.45, 2.75) is 25.3 Å². The van der Waals surface area contributed by atoms with Crippen LogP contribution in [0.1, 0.15) is 19.3 Å². The summed E-state index contributed by atoms with van der Waals surface area (Å²) in [6, 6.07) is 0.380. The Morgan fingerprint density at radius 3 is 2.60 bits per heavy atom. The number of amides is 1. The first-order valence-electron chi connectivity index (χ1n) is 8.85. The van der Waals surface area contributed by atoms with Crippen LogP contribution < -0.4 is 10.6 Å². The minimum atomic E-state index is 0. The van der Waals surface area contributed by atoms with Gasteiger partial charge < -0.3 is 20.3 Å². The predicted molar refractivity (Wildman–Crippen MR) is 112 cm³/mol. The molecule has 7 nitrogen and oxygen atoms in total. The van der Waals surface area contributed by atoms with Gasteiger partial charge in [0.25, 0.3) is 0 Å². The number of likely N-dealkylation sites (N-methyl/N-ethyl adjacent to an activating group) is 1. The van der Waals surface area contributed by atoms with Crippen LogP contribution in [0.2, 0.25) is 0 Å². The van der Waals surface area contributed by atoms with E-state index < -0.39 is 0 Å². The number of halogens is 1. The van der Waals surface area contributed by atoms with Gasteiger partial charge >= 0.3 is 0 Å². The maximum Gasteiger partial charge on any atom is 0.243 e. The van der Waals surface area contributed by atoms with Gasteiger partial charge in [0.05, 0.1) is 13.2 Å². The zero-order chi connectivity index (χ0) is 17.2. The fraction of sp³-hybridized carbons (Fsp3) is 0.765. The normalized spacial score (nSPS) is 18.7. The zero-order valence-corrected chi connectivity index (χ0v) is 17.7. The molecule has 0 atom stereocenters. The van der Waals surface area contributed by atoms with Crippen molar-refractivity contribution in [1.82, 2.24) is 20.4 Å². The van der Waals surface area contributed by atoms with Gasteiger partial charge in [-0.15, -0.1) is 24.0 Å². The first kappa shape index (κ1) is 22.2. The van der Waals surface area contributed by atoms with Crippen LogP contribution in [0.3, 0.4) is 0 Å². The number of hydrogen-bond donors (Lipinski definition) is 2. The van der Waals surface area contributed by atoms with E-state index in [4.69, 9.17) is 4.74 Å². The smallest absolute Gasteiger partial charge is 0.243 e. The molecule has 1 heterocycles. The first-order valence-corrected chi connectivity index (χ1v) is 8.85. The topological polar surface area (TPSA) is 69.2 Å². The van der Waals surface area contributed by atoms with Crippen LogP contribution in [0.5, 0.6) is 0 Å². The van der Waals surface area contributed by atoms with Gasteiger partial charge in [-0.25, -0.2) is 4.99 Å². The van der Waals surface area contributed by atoms with Crippen molar-refractivity contribution in [1.29, 1.82) is 0 Å². The molecule has 2 rings (SSSR count). The van der Waals surface area contributed by atoms with E-state index in [1.54, 1.807) is 19.0 Å². The number of ether oxygens (including phenoxy) is 1. The van der Waals surface area contributed by atoms with E-state index in [-0.39, 0.29) is 36.4 Å². The van der Waals surface area contributed by atoms with Gasteiger partial charge in [-0.3, -0.25) is 9.69 Å². The third-order valence-corrected chi connectivity index (χ3v) is 4.27. The van der Waals surface area contributed by atoms with Crippen LogP contribution in [0.25, 0.3) is 0 Å². The van der Waals surface area contributed by atoms with Crippen molar-refractivity contribution >= 4 is 35.8 Å². The zero-order valence-electron chi connectivity index (χ0n) is 15.4. The summed E-state index contributed by atoms with van der Waals surface area (Å²) in [6.45, 7) is 5.79. The van der Waals surface area contributed by atoms with E-state index in [0.717, 1.165) is 64.6 Å². The summed E-state index contributed by atoms with van der Waals surface area (Å²) < 4.78 is 5.36. The third-order valence-electron chi connectivity index (χ3n) is 4.27. The van der Waals surface area contributed by atoms with E-state index in [0.29, 0.717) is 6.04 Å². The highest BCUT2D eigenvalue weighted by Gasteiger charge is 2.13. The minimum absolute atomic E-state index is 0. The number of carbonyl (C=O) groups is 1. The van der Waals surface area contributed by atoms with Crippen LogP contribution in [0.15, 0.2) is 17.1 Å². The van der Waals surface area contributed by atoms with Gasteiger partial charge in [0.1, 0.15) is 6.54 Å². The fourth-order valence-corrected chi connectivity index (χ4v) is 2.70. The van der Waals surface area contributed by atoms with Gasteiger partial charge in [0.15, 0.2) is 5.96 Å². The molecule has 1 aliphatic heterocycles. The van der Waals surface area contributed by atoms with Crippen LogP contribution in [-0.4, -0.2) is 87.7 Å². The van der Waals surface area contributed by atoms with E-state index >= 15 is 0 Å². The number of morpholine rings is 1. The molecular weight excluding hydrogens is 433 g/mol. The van der Waals surface area contributed by atoms with Crippen molar-refractivity contribution in [2.75, 3.05) is 60.0 Å². The third kappa shape index (κ3) is 8.87. The highest BCUT2D eigenvalue weighted by Crippen LogP contribution is 2.08. The summed E-state index contributed by atoms with van der Waals surface area (Å²) in [5.74, 6) is 0.745. The lowest BCUT2D eigenvalue weighted by Gasteiger charge is -2.26. The molecule has 0 aromatic carbocycles. The van der Waals surface area contributed by atoms with Crippen LogP contribution in [-0.2, 0) is 9.53 Å². The van der Waals surface area contributed by atoms with Crippen LogP contribution in [0.4, 0.5) is 0 Å². The lowest BCUT2D eigenvalue weighted by atomic mass is 10.2. The average Bonchev–Trinajstić information content (AvgIpc) is 3.09. The number of nitrogens with one attached hydrogen (secondary N) is 2. The lowest BCUT2D eigenvalue weighted by molar-refractivity contribution is -0.127. The molecule has 1 saturated heterocycles. The second-order valence-corrected chi connectivity index (χ2v) is 6.47. The molecule has 144 valence electrons. The highest BCUT2D eigenvalue weighted by atomic mass is 127. The van der Waals surface area contributed by atoms with E-state index in [9.17, 15) is 4.79 Å². The van der Waals surface area contributed by atoms with Gasteiger partial charge in [-0.1, -0.05) is 12.2 Å². The SMILES string of the molecule is CN(C)C(=O)CN=C(NCCCN1CCOCC1)NC1CC=CC1.I. The second-order valence-electron chi connectivity index (χ2n) is 6.47. The molecule has 1 amide bonds. The summed E-state index contributed by atoms with van der Waals surface area (Å²) in [5.41, 5.74) is 0. The summed E-state index contributed by atoms with van der Waals surface area (Å²) in [4.78, 5) is 20.2. The molecule has 1 fully saturated rings. The number of rotatable bonds is 7. The number of hydrogen-bond acceptors (Lipinski definition) is 4. The van der Waals surface area contributed by atoms with Gasteiger partial charge in [-0.2, -0.15) is 0 Å². The molecule has 25 heavy (non-hydrogen) atoms. The first-order chi connectivity index (χ1) is 11.6. The molecular formula is C17H32IN5O2. The second kappa shape index (κ2) is 12.5. The Kier molecular flexibility index (Phi) is 11.1. The quantitative estimate of drug-likeness (QED) is 0.190. The number of aliphatic imine (C=N–C) groups is 1. The monoisotopic (exact) mass is 465 g/mol. The molecule has 0 bridgehead atoms. The molecule has 1 aliphatic carbocycles. The van der Waals surface area contributed by atoms with Gasteiger partial charge in [0.2, 0.25) is 5.91 Å².